The summed E-state index contributed by atoms with van der Waals surface area (Å²) in [5, 5.41) is 0.312. The number of methoxy groups -OCH3 is 1. The Morgan fingerprint density at radius 2 is 1.90 bits per heavy atom. The average Bonchev–Trinajstić information content (AvgIpc) is 2.42. The molecule has 0 spiro atoms. The van der Waals surface area contributed by atoms with Gasteiger partial charge in [-0.05, 0) is 42.8 Å². The van der Waals surface area contributed by atoms with Crippen LogP contribution in [0.15, 0.2) is 41.3 Å². The second-order valence-corrected chi connectivity index (χ2v) is 6.56. The van der Waals surface area contributed by atoms with Crippen molar-refractivity contribution in [3.63, 3.8) is 0 Å². The summed E-state index contributed by atoms with van der Waals surface area (Å²) in [7, 11) is -2.46. The molecule has 2 aromatic rings. The quantitative estimate of drug-likeness (QED) is 0.846. The van der Waals surface area contributed by atoms with Gasteiger partial charge in [-0.15, -0.1) is 0 Å². The van der Waals surface area contributed by atoms with Crippen LogP contribution in [0.1, 0.15) is 5.56 Å². The number of nitrogen functional groups attached to an aromatic ring is 1. The fourth-order valence-corrected chi connectivity index (χ4v) is 3.32. The Kier molecular flexibility index (Phi) is 4.29. The molecular formula is C14H15ClN2O3S. The minimum Gasteiger partial charge on any atom is -0.495 e. The monoisotopic (exact) mass is 326 g/mol. The fraction of sp³-hybridized carbons (Fsp3) is 0.143. The molecule has 2 rings (SSSR count). The lowest BCUT2D eigenvalue weighted by Gasteiger charge is -2.13. The van der Waals surface area contributed by atoms with Crippen LogP contribution in [-0.2, 0) is 10.0 Å². The van der Waals surface area contributed by atoms with Crippen molar-refractivity contribution in [1.29, 1.82) is 0 Å². The topological polar surface area (TPSA) is 81.4 Å². The third-order valence-electron chi connectivity index (χ3n) is 2.84. The average molecular weight is 327 g/mol. The van der Waals surface area contributed by atoms with Crippen molar-refractivity contribution in [3.05, 3.63) is 47.0 Å². The molecule has 5 nitrogen and oxygen atoms in total. The SMILES string of the molecule is COc1ccc(N)cc1S(=O)(=O)Nc1cc(C)ccc1Cl. The van der Waals surface area contributed by atoms with Crippen molar-refractivity contribution in [2.75, 3.05) is 17.6 Å². The van der Waals surface area contributed by atoms with Crippen LogP contribution in [0.2, 0.25) is 5.02 Å². The lowest BCUT2D eigenvalue weighted by atomic mass is 10.2. The van der Waals surface area contributed by atoms with Gasteiger partial charge in [0.2, 0.25) is 0 Å². The maximum atomic E-state index is 12.5. The molecule has 0 atom stereocenters. The predicted molar refractivity (Wildman–Crippen MR) is 84.4 cm³/mol. The first-order chi connectivity index (χ1) is 9.83. The zero-order valence-corrected chi connectivity index (χ0v) is 13.1. The van der Waals surface area contributed by atoms with Crippen molar-refractivity contribution in [3.8, 4) is 5.75 Å². The predicted octanol–water partition coefficient (Wildman–Crippen LogP) is 3.04. The number of benzene rings is 2. The molecule has 21 heavy (non-hydrogen) atoms. The van der Waals surface area contributed by atoms with Crippen LogP contribution in [0.25, 0.3) is 0 Å². The van der Waals surface area contributed by atoms with Crippen LogP contribution in [-0.4, -0.2) is 15.5 Å². The number of halogens is 1. The molecule has 0 aromatic heterocycles. The molecule has 0 aliphatic heterocycles. The van der Waals surface area contributed by atoms with Gasteiger partial charge in [0.25, 0.3) is 10.0 Å². The Labute approximate surface area is 128 Å². The summed E-state index contributed by atoms with van der Waals surface area (Å²) in [5.74, 6) is 0.209. The van der Waals surface area contributed by atoms with Crippen molar-refractivity contribution < 1.29 is 13.2 Å². The summed E-state index contributed by atoms with van der Waals surface area (Å²) >= 11 is 6.01. The van der Waals surface area contributed by atoms with Gasteiger partial charge in [-0.2, -0.15) is 0 Å². The molecule has 3 N–H and O–H groups in total. The largest absolute Gasteiger partial charge is 0.495 e. The number of hydrogen-bond donors (Lipinski definition) is 2. The van der Waals surface area contributed by atoms with Gasteiger partial charge in [0, 0.05) is 5.69 Å². The second kappa shape index (κ2) is 5.83. The van der Waals surface area contributed by atoms with Crippen LogP contribution < -0.4 is 15.2 Å². The van der Waals surface area contributed by atoms with E-state index in [2.05, 4.69) is 4.72 Å². The van der Waals surface area contributed by atoms with E-state index in [9.17, 15) is 8.42 Å². The van der Waals surface area contributed by atoms with Crippen molar-refractivity contribution in [2.24, 2.45) is 0 Å². The van der Waals surface area contributed by atoms with Crippen LogP contribution in [0.3, 0.4) is 0 Å². The zero-order valence-electron chi connectivity index (χ0n) is 11.6. The van der Waals surface area contributed by atoms with E-state index in [1.165, 1.54) is 19.2 Å². The molecule has 0 saturated carbocycles. The molecule has 112 valence electrons. The maximum Gasteiger partial charge on any atom is 0.265 e. The Morgan fingerprint density at radius 3 is 2.57 bits per heavy atom. The molecule has 0 bridgehead atoms. The molecular weight excluding hydrogens is 312 g/mol. The van der Waals surface area contributed by atoms with E-state index in [0.717, 1.165) is 5.56 Å². The highest BCUT2D eigenvalue weighted by atomic mass is 35.5. The first-order valence-electron chi connectivity index (χ1n) is 6.06. The Bertz CT molecular complexity index is 776. The summed E-state index contributed by atoms with van der Waals surface area (Å²) < 4.78 is 32.5. The molecule has 0 aliphatic rings. The van der Waals surface area contributed by atoms with Crippen LogP contribution in [0, 0.1) is 6.92 Å². The lowest BCUT2D eigenvalue weighted by Crippen LogP contribution is -2.15. The van der Waals surface area contributed by atoms with E-state index in [4.69, 9.17) is 22.1 Å². The minimum absolute atomic E-state index is 0.0393. The third kappa shape index (κ3) is 3.40. The number of aryl methyl sites for hydroxylation is 1. The van der Waals surface area contributed by atoms with Crippen LogP contribution in [0.5, 0.6) is 5.75 Å². The number of sulfonamides is 1. The lowest BCUT2D eigenvalue weighted by molar-refractivity contribution is 0.403. The summed E-state index contributed by atoms with van der Waals surface area (Å²) in [5.41, 5.74) is 7.17. The molecule has 0 saturated heterocycles. The molecule has 0 aliphatic carbocycles. The van der Waals surface area contributed by atoms with E-state index < -0.39 is 10.0 Å². The van der Waals surface area contributed by atoms with Crippen molar-refractivity contribution in [2.45, 2.75) is 11.8 Å². The summed E-state index contributed by atoms with van der Waals surface area (Å²) in [6.07, 6.45) is 0. The molecule has 2 aromatic carbocycles. The van der Waals surface area contributed by atoms with E-state index >= 15 is 0 Å². The molecule has 0 amide bonds. The van der Waals surface area contributed by atoms with Crippen LogP contribution >= 0.6 is 11.6 Å². The first kappa shape index (κ1) is 15.5. The van der Waals surface area contributed by atoms with Gasteiger partial charge < -0.3 is 10.5 Å². The molecule has 0 radical (unpaired) electrons. The van der Waals surface area contributed by atoms with E-state index in [1.807, 2.05) is 6.92 Å². The number of hydrogen-bond acceptors (Lipinski definition) is 4. The van der Waals surface area contributed by atoms with E-state index in [0.29, 0.717) is 16.4 Å². The Hall–Kier alpha value is -1.92. The van der Waals surface area contributed by atoms with Gasteiger partial charge in [0.1, 0.15) is 10.6 Å². The molecule has 7 heteroatoms. The fourth-order valence-electron chi connectivity index (χ4n) is 1.82. The smallest absolute Gasteiger partial charge is 0.265 e. The number of nitrogens with one attached hydrogen (secondary N) is 1. The Balaban J connectivity index is 2.48. The first-order valence-corrected chi connectivity index (χ1v) is 7.92. The normalized spacial score (nSPS) is 11.2. The van der Waals surface area contributed by atoms with Gasteiger partial charge in [-0.25, -0.2) is 8.42 Å². The van der Waals surface area contributed by atoms with Gasteiger partial charge in [-0.3, -0.25) is 4.72 Å². The number of nitrogens with two attached hydrogens (primary N) is 1. The van der Waals surface area contributed by atoms with Crippen molar-refractivity contribution >= 4 is 33.0 Å². The highest BCUT2D eigenvalue weighted by molar-refractivity contribution is 7.92. The zero-order chi connectivity index (χ0) is 15.6. The van der Waals surface area contributed by atoms with E-state index in [-0.39, 0.29) is 10.6 Å². The Morgan fingerprint density at radius 1 is 1.19 bits per heavy atom. The minimum atomic E-state index is -3.86. The molecule has 0 fully saturated rings. The van der Waals surface area contributed by atoms with Crippen molar-refractivity contribution in [1.82, 2.24) is 0 Å². The number of anilines is 2. The summed E-state index contributed by atoms with van der Waals surface area (Å²) in [4.78, 5) is -0.0393. The molecule has 0 unspecified atom stereocenters. The van der Waals surface area contributed by atoms with Gasteiger partial charge in [0.05, 0.1) is 17.8 Å². The van der Waals surface area contributed by atoms with E-state index in [1.54, 1.807) is 24.3 Å². The molecule has 0 heterocycles. The van der Waals surface area contributed by atoms with Gasteiger partial charge in [0.15, 0.2) is 0 Å². The third-order valence-corrected chi connectivity index (χ3v) is 4.56. The number of ether oxygens (including phenoxy) is 1. The summed E-state index contributed by atoms with van der Waals surface area (Å²) in [6.45, 7) is 1.84. The maximum absolute atomic E-state index is 12.5. The van der Waals surface area contributed by atoms with Crippen LogP contribution in [0.4, 0.5) is 11.4 Å². The second-order valence-electron chi connectivity index (χ2n) is 4.50. The van der Waals surface area contributed by atoms with Gasteiger partial charge >= 0.3 is 0 Å². The summed E-state index contributed by atoms with van der Waals surface area (Å²) in [6, 6.07) is 9.48. The standard InChI is InChI=1S/C14H15ClN2O3S/c1-9-3-5-11(15)12(7-9)17-21(18,19)14-8-10(16)4-6-13(14)20-2/h3-8,17H,16H2,1-2H3. The number of rotatable bonds is 4. The highest BCUT2D eigenvalue weighted by Crippen LogP contribution is 2.30. The highest BCUT2D eigenvalue weighted by Gasteiger charge is 2.21. The van der Waals surface area contributed by atoms with Gasteiger partial charge in [-0.1, -0.05) is 17.7 Å².